The van der Waals surface area contributed by atoms with Gasteiger partial charge in [-0.3, -0.25) is 0 Å². The Balaban J connectivity index is 1.30. The van der Waals surface area contributed by atoms with Gasteiger partial charge in [-0.15, -0.1) is 0 Å². The number of esters is 2. The fourth-order valence-corrected chi connectivity index (χ4v) is 3.54. The van der Waals surface area contributed by atoms with Crippen molar-refractivity contribution in [3.05, 3.63) is 89.0 Å². The van der Waals surface area contributed by atoms with Gasteiger partial charge in [0.2, 0.25) is 6.79 Å². The van der Waals surface area contributed by atoms with Crippen LogP contribution in [0.4, 0.5) is 0 Å². The molecule has 172 valence electrons. The highest BCUT2D eigenvalue weighted by molar-refractivity contribution is 6.18. The summed E-state index contributed by atoms with van der Waals surface area (Å²) in [5.74, 6) is 0.804. The Bertz CT molecular complexity index is 1250. The largest absolute Gasteiger partial charge is 0.493 e. The molecule has 3 aromatic carbocycles. The Morgan fingerprint density at radius 1 is 0.882 bits per heavy atom. The van der Waals surface area contributed by atoms with Gasteiger partial charge in [0, 0.05) is 5.56 Å². The van der Waals surface area contributed by atoms with E-state index in [1.165, 1.54) is 13.2 Å². The molecule has 0 saturated carbocycles. The highest BCUT2D eigenvalue weighted by Crippen LogP contribution is 2.34. The maximum Gasteiger partial charge on any atom is 0.348 e. The van der Waals surface area contributed by atoms with Crippen LogP contribution in [-0.2, 0) is 25.7 Å². The predicted molar refractivity (Wildman–Crippen MR) is 119 cm³/mol. The van der Waals surface area contributed by atoms with Crippen molar-refractivity contribution < 1.29 is 38.0 Å². The van der Waals surface area contributed by atoms with E-state index in [1.807, 2.05) is 24.3 Å². The molecule has 8 nitrogen and oxygen atoms in total. The van der Waals surface area contributed by atoms with Gasteiger partial charge in [-0.25, -0.2) is 9.59 Å². The lowest BCUT2D eigenvalue weighted by molar-refractivity contribution is -0.195. The normalized spacial score (nSPS) is 16.5. The number of hydrogen-bond acceptors (Lipinski definition) is 8. The lowest BCUT2D eigenvalue weighted by atomic mass is 10.1. The summed E-state index contributed by atoms with van der Waals surface area (Å²) in [5, 5.41) is 0. The second-order valence-electron chi connectivity index (χ2n) is 7.50. The number of carbonyl (C=O) groups excluding carboxylic acids is 2. The van der Waals surface area contributed by atoms with E-state index < -0.39 is 18.2 Å². The minimum absolute atomic E-state index is 0.205. The average Bonchev–Trinajstić information content (AvgIpc) is 3.33. The van der Waals surface area contributed by atoms with Crippen LogP contribution in [-0.4, -0.2) is 25.8 Å². The summed E-state index contributed by atoms with van der Waals surface area (Å²) in [6.45, 7) is 0.491. The average molecular weight is 460 g/mol. The summed E-state index contributed by atoms with van der Waals surface area (Å²) < 4.78 is 32.6. The zero-order chi connectivity index (χ0) is 23.5. The number of rotatable bonds is 6. The van der Waals surface area contributed by atoms with Crippen molar-refractivity contribution >= 4 is 18.0 Å². The first-order valence-corrected chi connectivity index (χ1v) is 10.5. The summed E-state index contributed by atoms with van der Waals surface area (Å²) in [4.78, 5) is 25.0. The maximum absolute atomic E-state index is 12.5. The van der Waals surface area contributed by atoms with Crippen LogP contribution in [0.5, 0.6) is 23.0 Å². The van der Waals surface area contributed by atoms with E-state index in [9.17, 15) is 9.59 Å². The van der Waals surface area contributed by atoms with E-state index in [1.54, 1.807) is 42.5 Å². The van der Waals surface area contributed by atoms with Crippen molar-refractivity contribution in [3.63, 3.8) is 0 Å². The molecular formula is C26H20O8. The summed E-state index contributed by atoms with van der Waals surface area (Å²) in [6.07, 6.45) is 0.329. The molecule has 5 rings (SSSR count). The Morgan fingerprint density at radius 2 is 1.65 bits per heavy atom. The van der Waals surface area contributed by atoms with E-state index in [-0.39, 0.29) is 19.0 Å². The van der Waals surface area contributed by atoms with Crippen LogP contribution in [0.25, 0.3) is 6.08 Å². The molecular weight excluding hydrogens is 440 g/mol. The molecule has 0 aliphatic carbocycles. The molecule has 0 unspecified atom stereocenters. The smallest absolute Gasteiger partial charge is 0.348 e. The van der Waals surface area contributed by atoms with Gasteiger partial charge in [-0.05, 0) is 41.5 Å². The van der Waals surface area contributed by atoms with E-state index >= 15 is 0 Å². The fourth-order valence-electron chi connectivity index (χ4n) is 3.54. The van der Waals surface area contributed by atoms with Gasteiger partial charge in [0.25, 0.3) is 6.29 Å². The highest BCUT2D eigenvalue weighted by Gasteiger charge is 2.34. The molecule has 0 amide bonds. The monoisotopic (exact) mass is 460 g/mol. The molecule has 0 N–H and O–H groups in total. The molecule has 2 aliphatic rings. The highest BCUT2D eigenvalue weighted by atomic mass is 16.7. The van der Waals surface area contributed by atoms with Crippen LogP contribution in [0, 0.1) is 0 Å². The van der Waals surface area contributed by atoms with Crippen molar-refractivity contribution in [3.8, 4) is 23.0 Å². The molecule has 0 atom stereocenters. The third-order valence-electron chi connectivity index (χ3n) is 5.27. The Morgan fingerprint density at radius 3 is 2.41 bits per heavy atom. The van der Waals surface area contributed by atoms with Crippen LogP contribution in [0.1, 0.15) is 23.0 Å². The number of hydrogen-bond donors (Lipinski definition) is 0. The van der Waals surface area contributed by atoms with Crippen molar-refractivity contribution in [1.82, 2.24) is 0 Å². The van der Waals surface area contributed by atoms with Crippen LogP contribution in [0.15, 0.2) is 72.3 Å². The summed E-state index contributed by atoms with van der Waals surface area (Å²) >= 11 is 0. The number of benzene rings is 3. The van der Waals surface area contributed by atoms with Crippen LogP contribution >= 0.6 is 0 Å². The van der Waals surface area contributed by atoms with Crippen molar-refractivity contribution in [2.24, 2.45) is 0 Å². The van der Waals surface area contributed by atoms with Crippen LogP contribution < -0.4 is 18.9 Å². The number of fused-ring (bicyclic) bond motifs is 1. The van der Waals surface area contributed by atoms with Gasteiger partial charge in [-0.2, -0.15) is 0 Å². The van der Waals surface area contributed by atoms with Gasteiger partial charge >= 0.3 is 11.9 Å². The first kappa shape index (κ1) is 21.4. The van der Waals surface area contributed by atoms with E-state index in [4.69, 9.17) is 28.4 Å². The molecule has 1 fully saturated rings. The van der Waals surface area contributed by atoms with E-state index in [2.05, 4.69) is 0 Å². The van der Waals surface area contributed by atoms with E-state index in [0.29, 0.717) is 34.1 Å². The number of methoxy groups -OCH3 is 1. The molecule has 0 bridgehead atoms. The maximum atomic E-state index is 12.5. The van der Waals surface area contributed by atoms with Gasteiger partial charge in [-0.1, -0.05) is 42.5 Å². The second-order valence-corrected chi connectivity index (χ2v) is 7.50. The lowest BCUT2D eigenvalue weighted by Crippen LogP contribution is -2.29. The zero-order valence-corrected chi connectivity index (χ0v) is 18.2. The molecule has 0 spiro atoms. The minimum Gasteiger partial charge on any atom is -0.493 e. The fraction of sp³-hybridized carbons (Fsp3) is 0.154. The van der Waals surface area contributed by atoms with Crippen molar-refractivity contribution in [2.45, 2.75) is 12.9 Å². The predicted octanol–water partition coefficient (Wildman–Crippen LogP) is 4.19. The third-order valence-corrected chi connectivity index (χ3v) is 5.27. The lowest BCUT2D eigenvalue weighted by Gasteiger charge is -2.24. The summed E-state index contributed by atoms with van der Waals surface area (Å²) in [7, 11) is 1.51. The molecule has 3 aromatic rings. The quantitative estimate of drug-likeness (QED) is 0.307. The number of ether oxygens (including phenoxy) is 6. The number of cyclic esters (lactones) is 2. The zero-order valence-electron chi connectivity index (χ0n) is 18.2. The van der Waals surface area contributed by atoms with Gasteiger partial charge in [0.15, 0.2) is 23.0 Å². The molecule has 1 saturated heterocycles. The van der Waals surface area contributed by atoms with Gasteiger partial charge < -0.3 is 28.4 Å². The van der Waals surface area contributed by atoms with Gasteiger partial charge in [0.1, 0.15) is 12.2 Å². The molecule has 0 aromatic heterocycles. The second kappa shape index (κ2) is 9.19. The Labute approximate surface area is 195 Å². The van der Waals surface area contributed by atoms with Crippen LogP contribution in [0.2, 0.25) is 0 Å². The molecule has 34 heavy (non-hydrogen) atoms. The van der Waals surface area contributed by atoms with Crippen molar-refractivity contribution in [2.75, 3.05) is 13.9 Å². The first-order valence-electron chi connectivity index (χ1n) is 10.5. The molecule has 8 heteroatoms. The number of carbonyl (C=O) groups is 2. The molecule has 0 radical (unpaired) electrons. The standard InChI is InChI=1S/C26H20O8/c1-29-22-12-16(7-9-20(22)30-14-17-8-10-21-23(13-17)32-15-31-21)11-19-24(27)33-26(34-25(19)28)18-5-3-2-4-6-18/h2-13,26H,14-15H2,1H3. The molecule has 2 heterocycles. The third kappa shape index (κ3) is 4.38. The minimum atomic E-state index is -1.07. The SMILES string of the molecule is COc1cc(C=C2C(=O)OC(c3ccccc3)OC2=O)ccc1OCc1ccc2c(c1)OCO2. The first-order chi connectivity index (χ1) is 16.6. The molecule has 2 aliphatic heterocycles. The van der Waals surface area contributed by atoms with Crippen LogP contribution in [0.3, 0.4) is 0 Å². The summed E-state index contributed by atoms with van der Waals surface area (Å²) in [5.41, 5.74) is 1.82. The van der Waals surface area contributed by atoms with E-state index in [0.717, 1.165) is 5.56 Å². The topological polar surface area (TPSA) is 89.5 Å². The Hall–Kier alpha value is -4.46. The summed E-state index contributed by atoms with van der Waals surface area (Å²) in [6, 6.07) is 19.4. The Kier molecular flexibility index (Phi) is 5.78. The van der Waals surface area contributed by atoms with Crippen molar-refractivity contribution in [1.29, 1.82) is 0 Å². The van der Waals surface area contributed by atoms with Gasteiger partial charge in [0.05, 0.1) is 7.11 Å².